The molecule has 33 heavy (non-hydrogen) atoms. The van der Waals surface area contributed by atoms with E-state index in [1.807, 2.05) is 6.92 Å². The van der Waals surface area contributed by atoms with Crippen LogP contribution >= 0.6 is 11.6 Å². The number of hydrogen-bond donors (Lipinski definition) is 0. The molecule has 0 saturated heterocycles. The minimum absolute atomic E-state index is 0.0535. The number of aryl methyl sites for hydroxylation is 1. The van der Waals surface area contributed by atoms with E-state index in [-0.39, 0.29) is 26.9 Å². The van der Waals surface area contributed by atoms with Crippen molar-refractivity contribution in [1.29, 1.82) is 5.26 Å². The second kappa shape index (κ2) is 8.26. The highest BCUT2D eigenvalue weighted by atomic mass is 35.5. The molecular formula is C22H17ClN4O4S2. The number of fused-ring (bicyclic) bond motifs is 1. The zero-order chi connectivity index (χ0) is 24.0. The molecule has 2 heterocycles. The fourth-order valence-corrected chi connectivity index (χ4v) is 5.70. The lowest BCUT2D eigenvalue weighted by Crippen LogP contribution is -2.14. The van der Waals surface area contributed by atoms with Gasteiger partial charge in [-0.15, -0.1) is 0 Å². The lowest BCUT2D eigenvalue weighted by molar-refractivity contribution is 0.582. The Balaban J connectivity index is 1.92. The number of nitrogens with zero attached hydrogens (tertiary/aromatic N) is 4. The number of rotatable bonds is 5. The summed E-state index contributed by atoms with van der Waals surface area (Å²) in [4.78, 5) is 4.13. The number of halogens is 1. The Kier molecular flexibility index (Phi) is 5.74. The molecule has 4 aromatic rings. The normalized spacial score (nSPS) is 12.1. The Morgan fingerprint density at radius 2 is 1.73 bits per heavy atom. The van der Waals surface area contributed by atoms with Crippen LogP contribution in [0.3, 0.4) is 0 Å². The Morgan fingerprint density at radius 3 is 2.36 bits per heavy atom. The highest BCUT2D eigenvalue weighted by Crippen LogP contribution is 2.31. The van der Waals surface area contributed by atoms with E-state index < -0.39 is 19.9 Å². The third-order valence-electron chi connectivity index (χ3n) is 4.99. The Bertz CT molecular complexity index is 1650. The van der Waals surface area contributed by atoms with Gasteiger partial charge in [0.1, 0.15) is 5.15 Å². The Labute approximate surface area is 196 Å². The van der Waals surface area contributed by atoms with Crippen LogP contribution in [0.4, 0.5) is 0 Å². The van der Waals surface area contributed by atoms with Crippen molar-refractivity contribution in [1.82, 2.24) is 14.2 Å². The predicted molar refractivity (Wildman–Crippen MR) is 125 cm³/mol. The summed E-state index contributed by atoms with van der Waals surface area (Å²) in [6, 6.07) is 13.1. The van der Waals surface area contributed by atoms with Crippen LogP contribution < -0.4 is 0 Å². The average Bonchev–Trinajstić information content (AvgIpc) is 3.19. The van der Waals surface area contributed by atoms with Crippen LogP contribution in [-0.2, 0) is 25.6 Å². The molecule has 0 aliphatic rings. The number of pyridine rings is 1. The molecule has 0 spiro atoms. The number of aromatic nitrogens is 3. The molecule has 0 saturated carbocycles. The molecule has 0 N–H and O–H groups in total. The van der Waals surface area contributed by atoms with Gasteiger partial charge in [0, 0.05) is 29.0 Å². The highest BCUT2D eigenvalue weighted by Gasteiger charge is 2.22. The van der Waals surface area contributed by atoms with Gasteiger partial charge in [-0.1, -0.05) is 29.3 Å². The van der Waals surface area contributed by atoms with Gasteiger partial charge < -0.3 is 0 Å². The minimum Gasteiger partial charge on any atom is -0.244 e. The van der Waals surface area contributed by atoms with E-state index in [4.69, 9.17) is 11.6 Å². The first-order valence-corrected chi connectivity index (χ1v) is 13.4. The van der Waals surface area contributed by atoms with Gasteiger partial charge in [0.05, 0.1) is 34.0 Å². The molecule has 168 valence electrons. The maximum atomic E-state index is 13.2. The van der Waals surface area contributed by atoms with Gasteiger partial charge in [-0.2, -0.15) is 22.9 Å². The topological polar surface area (TPSA) is 123 Å². The summed E-state index contributed by atoms with van der Waals surface area (Å²) in [5.74, 6) is -0.306. The Morgan fingerprint density at radius 1 is 1.03 bits per heavy atom. The van der Waals surface area contributed by atoms with Crippen molar-refractivity contribution >= 4 is 42.4 Å². The molecule has 4 rings (SSSR count). The summed E-state index contributed by atoms with van der Waals surface area (Å²) in [5.41, 5.74) is 2.59. The largest absolute Gasteiger partial charge is 0.283 e. The van der Waals surface area contributed by atoms with Crippen LogP contribution in [0.25, 0.3) is 22.0 Å². The molecule has 0 aliphatic heterocycles. The van der Waals surface area contributed by atoms with Crippen molar-refractivity contribution in [3.8, 4) is 17.2 Å². The van der Waals surface area contributed by atoms with Gasteiger partial charge in [0.15, 0.2) is 9.84 Å². The number of sulfone groups is 1. The second-order valence-corrected chi connectivity index (χ2v) is 11.9. The summed E-state index contributed by atoms with van der Waals surface area (Å²) in [7, 11) is -7.39. The third kappa shape index (κ3) is 4.48. The van der Waals surface area contributed by atoms with E-state index in [9.17, 15) is 22.1 Å². The first kappa shape index (κ1) is 22.9. The number of nitriles is 1. The van der Waals surface area contributed by atoms with E-state index in [2.05, 4.69) is 16.2 Å². The van der Waals surface area contributed by atoms with Crippen molar-refractivity contribution in [2.45, 2.75) is 17.6 Å². The molecule has 0 bridgehead atoms. The fourth-order valence-electron chi connectivity index (χ4n) is 3.40. The van der Waals surface area contributed by atoms with Crippen LogP contribution in [0.1, 0.15) is 16.7 Å². The number of hydrogen-bond acceptors (Lipinski definition) is 7. The zero-order valence-corrected chi connectivity index (χ0v) is 19.9. The smallest absolute Gasteiger partial charge is 0.244 e. The molecule has 0 unspecified atom stereocenters. The molecular weight excluding hydrogens is 484 g/mol. The lowest BCUT2D eigenvalue weighted by atomic mass is 10.0. The molecule has 0 radical (unpaired) electrons. The van der Waals surface area contributed by atoms with Crippen molar-refractivity contribution in [2.75, 3.05) is 6.26 Å². The monoisotopic (exact) mass is 500 g/mol. The van der Waals surface area contributed by atoms with Gasteiger partial charge in [-0.25, -0.2) is 13.4 Å². The van der Waals surface area contributed by atoms with Crippen LogP contribution in [0, 0.1) is 18.3 Å². The maximum absolute atomic E-state index is 13.2. The molecule has 0 amide bonds. The second-order valence-electron chi connectivity index (χ2n) is 7.62. The van der Waals surface area contributed by atoms with E-state index in [0.717, 1.165) is 15.9 Å². The number of benzene rings is 2. The molecule has 2 aromatic heterocycles. The van der Waals surface area contributed by atoms with Crippen molar-refractivity contribution in [3.05, 3.63) is 76.7 Å². The average molecular weight is 501 g/mol. The molecule has 0 atom stereocenters. The zero-order valence-electron chi connectivity index (χ0n) is 17.5. The summed E-state index contributed by atoms with van der Waals surface area (Å²) in [6.07, 6.45) is 3.86. The predicted octanol–water partition coefficient (Wildman–Crippen LogP) is 3.71. The summed E-state index contributed by atoms with van der Waals surface area (Å²) < 4.78 is 50.9. The highest BCUT2D eigenvalue weighted by molar-refractivity contribution is 7.90. The van der Waals surface area contributed by atoms with Crippen LogP contribution in [0.15, 0.2) is 59.8 Å². The van der Waals surface area contributed by atoms with Gasteiger partial charge in [0.2, 0.25) is 0 Å². The molecule has 2 aromatic carbocycles. The van der Waals surface area contributed by atoms with Gasteiger partial charge in [0.25, 0.3) is 10.0 Å². The van der Waals surface area contributed by atoms with Crippen molar-refractivity contribution in [3.63, 3.8) is 0 Å². The van der Waals surface area contributed by atoms with Crippen LogP contribution in [-0.4, -0.2) is 37.3 Å². The third-order valence-corrected chi connectivity index (χ3v) is 7.78. The SMILES string of the molecule is Cc1ccc(S(=O)(=O)n2ncc3c(C#N)cc(-c4cnc(Cl)c(CS(C)(=O)=O)c4)cc32)cc1. The summed E-state index contributed by atoms with van der Waals surface area (Å²) in [5, 5.41) is 14.1. The molecule has 0 fully saturated rings. The van der Waals surface area contributed by atoms with E-state index in [0.29, 0.717) is 22.1 Å². The van der Waals surface area contributed by atoms with E-state index in [1.165, 1.54) is 24.5 Å². The van der Waals surface area contributed by atoms with Gasteiger partial charge in [-0.3, -0.25) is 0 Å². The lowest BCUT2D eigenvalue weighted by Gasteiger charge is -2.10. The molecule has 8 nitrogen and oxygen atoms in total. The Hall–Kier alpha value is -3.26. The van der Waals surface area contributed by atoms with E-state index in [1.54, 1.807) is 30.3 Å². The van der Waals surface area contributed by atoms with Gasteiger partial charge >= 0.3 is 0 Å². The summed E-state index contributed by atoms with van der Waals surface area (Å²) >= 11 is 6.07. The van der Waals surface area contributed by atoms with E-state index >= 15 is 0 Å². The van der Waals surface area contributed by atoms with Gasteiger partial charge in [-0.05, 0) is 42.8 Å². The van der Waals surface area contributed by atoms with Crippen molar-refractivity contribution < 1.29 is 16.8 Å². The van der Waals surface area contributed by atoms with Crippen LogP contribution in [0.2, 0.25) is 5.15 Å². The summed E-state index contributed by atoms with van der Waals surface area (Å²) in [6.45, 7) is 1.85. The quantitative estimate of drug-likeness (QED) is 0.382. The van der Waals surface area contributed by atoms with Crippen molar-refractivity contribution in [2.24, 2.45) is 0 Å². The first-order chi connectivity index (χ1) is 15.5. The fraction of sp³-hybridized carbons (Fsp3) is 0.136. The minimum atomic E-state index is -4.02. The maximum Gasteiger partial charge on any atom is 0.283 e. The molecule has 0 aliphatic carbocycles. The standard InChI is InChI=1S/C22H17ClN4O4S2/c1-14-3-5-19(6-4-14)33(30,31)27-21-9-15(7-16(10-24)20(21)12-26-27)17-8-18(13-32(2,28)29)22(23)25-11-17/h3-9,11-12H,13H2,1-2H3. The molecule has 11 heteroatoms. The first-order valence-electron chi connectivity index (χ1n) is 9.56. The van der Waals surface area contributed by atoms with Crippen LogP contribution in [0.5, 0.6) is 0 Å².